The third kappa shape index (κ3) is 8.11. The SMILES string of the molecule is CCOc1ccc(-n2c(CNC(=O)c3cc(OC)cc(OC)c3)nnc2SCC(=O)Nc2nnc(SCC)s2)cc1. The Morgan fingerprint density at radius 2 is 1.66 bits per heavy atom. The summed E-state index contributed by atoms with van der Waals surface area (Å²) in [5.41, 5.74) is 1.12. The standard InChI is InChI=1S/C26H29N7O5S3/c1-5-38-18-9-7-17(8-10-18)33-21(14-27-23(35)16-11-19(36-3)13-20(12-16)37-4)29-31-25(33)40-15-22(34)28-24-30-32-26(41-24)39-6-2/h7-13H,5-6,14-15H2,1-4H3,(H,27,35)(H,28,30,34). The smallest absolute Gasteiger partial charge is 0.251 e. The molecular formula is C26H29N7O5S3. The van der Waals surface area contributed by atoms with E-state index in [2.05, 4.69) is 31.0 Å². The van der Waals surface area contributed by atoms with E-state index in [1.54, 1.807) is 34.5 Å². The first-order valence-electron chi connectivity index (χ1n) is 12.5. The molecule has 0 atom stereocenters. The Labute approximate surface area is 249 Å². The largest absolute Gasteiger partial charge is 0.497 e. The molecule has 4 rings (SSSR count). The first-order valence-corrected chi connectivity index (χ1v) is 15.3. The normalized spacial score (nSPS) is 10.7. The van der Waals surface area contributed by atoms with Gasteiger partial charge >= 0.3 is 0 Å². The molecule has 12 nitrogen and oxygen atoms in total. The van der Waals surface area contributed by atoms with Gasteiger partial charge in [-0.15, -0.1) is 20.4 Å². The Balaban J connectivity index is 1.51. The highest BCUT2D eigenvalue weighted by atomic mass is 32.2. The van der Waals surface area contributed by atoms with Gasteiger partial charge in [-0.2, -0.15) is 0 Å². The zero-order chi connectivity index (χ0) is 29.2. The van der Waals surface area contributed by atoms with Crippen molar-refractivity contribution >= 4 is 51.8 Å². The van der Waals surface area contributed by atoms with E-state index >= 15 is 0 Å². The number of rotatable bonds is 14. The van der Waals surface area contributed by atoms with Crippen molar-refractivity contribution in [3.05, 3.63) is 53.9 Å². The number of amides is 2. The van der Waals surface area contributed by atoms with Crippen LogP contribution in [0.5, 0.6) is 17.2 Å². The van der Waals surface area contributed by atoms with E-state index in [1.165, 1.54) is 37.3 Å². The summed E-state index contributed by atoms with van der Waals surface area (Å²) in [6.07, 6.45) is 0. The highest BCUT2D eigenvalue weighted by Gasteiger charge is 2.18. The summed E-state index contributed by atoms with van der Waals surface area (Å²) >= 11 is 4.10. The summed E-state index contributed by atoms with van der Waals surface area (Å²) in [5, 5.41) is 23.3. The van der Waals surface area contributed by atoms with Gasteiger partial charge in [-0.05, 0) is 49.1 Å². The van der Waals surface area contributed by atoms with Gasteiger partial charge in [0.15, 0.2) is 15.3 Å². The topological polar surface area (TPSA) is 142 Å². The van der Waals surface area contributed by atoms with Crippen LogP contribution in [0.25, 0.3) is 5.69 Å². The molecule has 41 heavy (non-hydrogen) atoms. The van der Waals surface area contributed by atoms with E-state index in [4.69, 9.17) is 14.2 Å². The number of carbonyl (C=O) groups is 2. The van der Waals surface area contributed by atoms with Gasteiger partial charge in [0, 0.05) is 17.3 Å². The zero-order valence-corrected chi connectivity index (χ0v) is 25.3. The number of benzene rings is 2. The van der Waals surface area contributed by atoms with Crippen molar-refractivity contribution in [3.8, 4) is 22.9 Å². The van der Waals surface area contributed by atoms with Gasteiger partial charge in [-0.3, -0.25) is 19.5 Å². The van der Waals surface area contributed by atoms with E-state index < -0.39 is 0 Å². The number of aromatic nitrogens is 5. The van der Waals surface area contributed by atoms with Crippen molar-refractivity contribution in [3.63, 3.8) is 0 Å². The molecule has 2 aromatic carbocycles. The molecule has 15 heteroatoms. The summed E-state index contributed by atoms with van der Waals surface area (Å²) in [6.45, 7) is 4.56. The second kappa shape index (κ2) is 14.7. The minimum atomic E-state index is -0.338. The Hall–Kier alpha value is -3.82. The molecule has 2 N–H and O–H groups in total. The quantitative estimate of drug-likeness (QED) is 0.155. The van der Waals surface area contributed by atoms with E-state index in [0.29, 0.717) is 39.8 Å². The molecule has 0 spiro atoms. The zero-order valence-electron chi connectivity index (χ0n) is 22.9. The van der Waals surface area contributed by atoms with Crippen LogP contribution in [0.3, 0.4) is 0 Å². The van der Waals surface area contributed by atoms with Crippen molar-refractivity contribution in [1.82, 2.24) is 30.3 Å². The van der Waals surface area contributed by atoms with Crippen LogP contribution in [0, 0.1) is 0 Å². The van der Waals surface area contributed by atoms with Crippen LogP contribution in [0.1, 0.15) is 30.0 Å². The van der Waals surface area contributed by atoms with Gasteiger partial charge in [0.05, 0.1) is 33.1 Å². The Morgan fingerprint density at radius 3 is 2.32 bits per heavy atom. The number of carbonyl (C=O) groups excluding carboxylic acids is 2. The molecule has 2 amide bonds. The average molecular weight is 616 g/mol. The minimum Gasteiger partial charge on any atom is -0.497 e. The molecule has 2 heterocycles. The molecule has 0 saturated carbocycles. The predicted octanol–water partition coefficient (Wildman–Crippen LogP) is 4.31. The van der Waals surface area contributed by atoms with Crippen LogP contribution in [-0.4, -0.2) is 69.1 Å². The highest BCUT2D eigenvalue weighted by Crippen LogP contribution is 2.27. The fourth-order valence-corrected chi connectivity index (χ4v) is 5.99. The number of nitrogens with one attached hydrogen (secondary N) is 2. The molecular weight excluding hydrogens is 587 g/mol. The number of hydrogen-bond acceptors (Lipinski definition) is 12. The maximum Gasteiger partial charge on any atom is 0.251 e. The molecule has 0 aliphatic rings. The van der Waals surface area contributed by atoms with E-state index in [1.807, 2.05) is 38.1 Å². The monoisotopic (exact) mass is 615 g/mol. The van der Waals surface area contributed by atoms with Gasteiger partial charge < -0.3 is 19.5 Å². The lowest BCUT2D eigenvalue weighted by molar-refractivity contribution is -0.113. The van der Waals surface area contributed by atoms with Crippen LogP contribution < -0.4 is 24.8 Å². The van der Waals surface area contributed by atoms with Gasteiger partial charge in [-0.25, -0.2) is 0 Å². The molecule has 0 unspecified atom stereocenters. The molecule has 0 aliphatic heterocycles. The Morgan fingerprint density at radius 1 is 0.927 bits per heavy atom. The molecule has 4 aromatic rings. The molecule has 216 valence electrons. The number of nitrogens with zero attached hydrogens (tertiary/aromatic N) is 5. The Bertz CT molecular complexity index is 1450. The molecule has 0 fully saturated rings. The lowest BCUT2D eigenvalue weighted by Gasteiger charge is -2.12. The molecule has 0 bridgehead atoms. The lowest BCUT2D eigenvalue weighted by Crippen LogP contribution is -2.24. The third-order valence-corrected chi connectivity index (χ3v) is 8.16. The van der Waals surface area contributed by atoms with E-state index in [-0.39, 0.29) is 24.1 Å². The van der Waals surface area contributed by atoms with E-state index in [0.717, 1.165) is 21.5 Å². The molecule has 0 aliphatic carbocycles. The third-order valence-electron chi connectivity index (χ3n) is 5.38. The highest BCUT2D eigenvalue weighted by molar-refractivity contribution is 8.01. The van der Waals surface area contributed by atoms with Crippen molar-refractivity contribution in [1.29, 1.82) is 0 Å². The molecule has 0 saturated heterocycles. The van der Waals surface area contributed by atoms with Gasteiger partial charge in [0.1, 0.15) is 17.2 Å². The predicted molar refractivity (Wildman–Crippen MR) is 159 cm³/mol. The summed E-state index contributed by atoms with van der Waals surface area (Å²) in [5.74, 6) is 2.55. The van der Waals surface area contributed by atoms with Crippen molar-refractivity contribution < 1.29 is 23.8 Å². The first-order chi connectivity index (χ1) is 19.9. The second-order valence-electron chi connectivity index (χ2n) is 8.09. The maximum absolute atomic E-state index is 13.0. The number of thioether (sulfide) groups is 2. The fourth-order valence-electron chi connectivity index (χ4n) is 3.55. The van der Waals surface area contributed by atoms with Crippen LogP contribution in [0.2, 0.25) is 0 Å². The van der Waals surface area contributed by atoms with Crippen LogP contribution in [-0.2, 0) is 11.3 Å². The summed E-state index contributed by atoms with van der Waals surface area (Å²) in [7, 11) is 3.04. The number of ether oxygens (including phenoxy) is 3. The summed E-state index contributed by atoms with van der Waals surface area (Å²) in [6, 6.07) is 12.3. The number of methoxy groups -OCH3 is 2. The van der Waals surface area contributed by atoms with Crippen molar-refractivity contribution in [2.75, 3.05) is 37.6 Å². The second-order valence-corrected chi connectivity index (χ2v) is 11.5. The van der Waals surface area contributed by atoms with Gasteiger partial charge in [0.2, 0.25) is 11.0 Å². The number of hydrogen-bond donors (Lipinski definition) is 2. The van der Waals surface area contributed by atoms with Crippen LogP contribution in [0.4, 0.5) is 5.13 Å². The first kappa shape index (κ1) is 30.1. The van der Waals surface area contributed by atoms with Crippen molar-refractivity contribution in [2.45, 2.75) is 29.9 Å². The van der Waals surface area contributed by atoms with Crippen molar-refractivity contribution in [2.24, 2.45) is 0 Å². The molecule has 2 aromatic heterocycles. The summed E-state index contributed by atoms with van der Waals surface area (Å²) in [4.78, 5) is 25.6. The van der Waals surface area contributed by atoms with E-state index in [9.17, 15) is 9.59 Å². The number of anilines is 1. The van der Waals surface area contributed by atoms with Crippen LogP contribution >= 0.6 is 34.9 Å². The fraction of sp³-hybridized carbons (Fsp3) is 0.308. The lowest BCUT2D eigenvalue weighted by atomic mass is 10.2. The summed E-state index contributed by atoms with van der Waals surface area (Å²) < 4.78 is 18.7. The van der Waals surface area contributed by atoms with Gasteiger partial charge in [-0.1, -0.05) is 41.8 Å². The maximum atomic E-state index is 13.0. The van der Waals surface area contributed by atoms with Crippen LogP contribution in [0.15, 0.2) is 52.0 Å². The van der Waals surface area contributed by atoms with Gasteiger partial charge in [0.25, 0.3) is 5.91 Å². The minimum absolute atomic E-state index is 0.0704. The average Bonchev–Trinajstić information content (AvgIpc) is 3.61. The Kier molecular flexibility index (Phi) is 10.8. The molecule has 0 radical (unpaired) electrons.